The van der Waals surface area contributed by atoms with E-state index in [0.717, 1.165) is 12.4 Å². The predicted molar refractivity (Wildman–Crippen MR) is 67.4 cm³/mol. The van der Waals surface area contributed by atoms with E-state index >= 15 is 0 Å². The molecule has 0 spiro atoms. The Hall–Kier alpha value is -1.96. The first-order chi connectivity index (χ1) is 8.72. The van der Waals surface area contributed by atoms with Gasteiger partial charge < -0.3 is 15.2 Å². The maximum atomic E-state index is 5.77. The van der Waals surface area contributed by atoms with Crippen molar-refractivity contribution in [3.05, 3.63) is 17.4 Å². The Kier molecular flexibility index (Phi) is 3.88. The van der Waals surface area contributed by atoms with Crippen LogP contribution in [0.2, 0.25) is 5.28 Å². The number of hydrogen-bond donors (Lipinski definition) is 2. The quantitative estimate of drug-likeness (QED) is 0.828. The number of nitrogens with one attached hydrogen (secondary N) is 2. The smallest absolute Gasteiger partial charge is 0.229 e. The van der Waals surface area contributed by atoms with Crippen LogP contribution in [0.15, 0.2) is 6.33 Å². The highest BCUT2D eigenvalue weighted by atomic mass is 35.5. The van der Waals surface area contributed by atoms with Gasteiger partial charge in [0.2, 0.25) is 17.2 Å². The van der Waals surface area contributed by atoms with Gasteiger partial charge in [-0.3, -0.25) is 0 Å². The van der Waals surface area contributed by atoms with Crippen LogP contribution in [0.3, 0.4) is 0 Å². The van der Waals surface area contributed by atoms with Gasteiger partial charge in [0.05, 0.1) is 6.54 Å². The average molecular weight is 269 g/mol. The fraction of sp³-hybridized carbons (Fsp3) is 0.444. The zero-order valence-corrected chi connectivity index (χ0v) is 10.8. The van der Waals surface area contributed by atoms with Crippen molar-refractivity contribution in [2.45, 2.75) is 20.0 Å². The lowest BCUT2D eigenvalue weighted by Crippen LogP contribution is -2.11. The average Bonchev–Trinajstić information content (AvgIpc) is 2.83. The van der Waals surface area contributed by atoms with Crippen LogP contribution in [0.4, 0.5) is 11.9 Å². The molecule has 0 amide bonds. The highest BCUT2D eigenvalue weighted by Gasteiger charge is 2.06. The van der Waals surface area contributed by atoms with E-state index in [1.807, 2.05) is 11.5 Å². The van der Waals surface area contributed by atoms with Gasteiger partial charge in [-0.2, -0.15) is 15.0 Å². The Morgan fingerprint density at radius 2 is 2.06 bits per heavy atom. The van der Waals surface area contributed by atoms with Crippen molar-refractivity contribution in [1.29, 1.82) is 0 Å². The third kappa shape index (κ3) is 2.83. The molecule has 9 heteroatoms. The molecule has 0 saturated heterocycles. The molecule has 0 saturated carbocycles. The lowest BCUT2D eigenvalue weighted by molar-refractivity contribution is 0.706. The van der Waals surface area contributed by atoms with Gasteiger partial charge in [-0.25, -0.2) is 0 Å². The zero-order valence-electron chi connectivity index (χ0n) is 10.1. The Morgan fingerprint density at radius 3 is 2.78 bits per heavy atom. The molecule has 2 heterocycles. The molecule has 0 unspecified atom stereocenters. The van der Waals surface area contributed by atoms with Crippen molar-refractivity contribution in [3.63, 3.8) is 0 Å². The van der Waals surface area contributed by atoms with E-state index in [-0.39, 0.29) is 5.28 Å². The third-order valence-corrected chi connectivity index (χ3v) is 2.44. The maximum Gasteiger partial charge on any atom is 0.229 e. The number of hydrogen-bond acceptors (Lipinski definition) is 7. The third-order valence-electron chi connectivity index (χ3n) is 2.27. The first-order valence-electron chi connectivity index (χ1n) is 5.42. The highest BCUT2D eigenvalue weighted by molar-refractivity contribution is 6.28. The molecule has 8 nitrogen and oxygen atoms in total. The fourth-order valence-electron chi connectivity index (χ4n) is 1.38. The summed E-state index contributed by atoms with van der Waals surface area (Å²) in [7, 11) is 1.71. The van der Waals surface area contributed by atoms with Crippen LogP contribution in [-0.2, 0) is 13.1 Å². The summed E-state index contributed by atoms with van der Waals surface area (Å²) in [5.41, 5.74) is 0. The normalized spacial score (nSPS) is 10.4. The van der Waals surface area contributed by atoms with Crippen molar-refractivity contribution in [2.24, 2.45) is 0 Å². The largest absolute Gasteiger partial charge is 0.357 e. The van der Waals surface area contributed by atoms with Crippen LogP contribution in [0.1, 0.15) is 12.7 Å². The molecular weight excluding hydrogens is 256 g/mol. The zero-order chi connectivity index (χ0) is 13.0. The summed E-state index contributed by atoms with van der Waals surface area (Å²) in [6.07, 6.45) is 1.68. The number of nitrogens with zero attached hydrogens (tertiary/aromatic N) is 6. The minimum atomic E-state index is 0.133. The Labute approximate surface area is 109 Å². The molecule has 2 N–H and O–H groups in total. The molecule has 0 aliphatic carbocycles. The van der Waals surface area contributed by atoms with Gasteiger partial charge in [-0.1, -0.05) is 0 Å². The van der Waals surface area contributed by atoms with Crippen molar-refractivity contribution < 1.29 is 0 Å². The molecule has 2 rings (SSSR count). The minimum absolute atomic E-state index is 0.133. The minimum Gasteiger partial charge on any atom is -0.357 e. The lowest BCUT2D eigenvalue weighted by Gasteiger charge is -2.06. The standard InChI is InChI=1S/C9H13ClN8/c1-3-18-5-13-17-6(18)4-12-9-15-7(10)14-8(11-2)16-9/h5H,3-4H2,1-2H3,(H2,11,12,14,15,16). The van der Waals surface area contributed by atoms with Crippen LogP contribution < -0.4 is 10.6 Å². The van der Waals surface area contributed by atoms with E-state index in [1.54, 1.807) is 13.4 Å². The van der Waals surface area contributed by atoms with Gasteiger partial charge in [-0.15, -0.1) is 10.2 Å². The summed E-state index contributed by atoms with van der Waals surface area (Å²) in [5, 5.41) is 13.8. The number of halogens is 1. The summed E-state index contributed by atoms with van der Waals surface area (Å²) in [6, 6.07) is 0. The number of anilines is 2. The summed E-state index contributed by atoms with van der Waals surface area (Å²) in [6.45, 7) is 3.30. The summed E-state index contributed by atoms with van der Waals surface area (Å²) >= 11 is 5.77. The van der Waals surface area contributed by atoms with Gasteiger partial charge in [0, 0.05) is 13.6 Å². The van der Waals surface area contributed by atoms with Crippen LogP contribution in [-0.4, -0.2) is 36.8 Å². The van der Waals surface area contributed by atoms with Crippen LogP contribution in [0.5, 0.6) is 0 Å². The summed E-state index contributed by atoms with van der Waals surface area (Å²) < 4.78 is 1.93. The van der Waals surface area contributed by atoms with Crippen LogP contribution in [0.25, 0.3) is 0 Å². The lowest BCUT2D eigenvalue weighted by atomic mass is 10.5. The molecule has 0 fully saturated rings. The van der Waals surface area contributed by atoms with Gasteiger partial charge in [0.1, 0.15) is 6.33 Å². The Balaban J connectivity index is 2.08. The molecule has 0 radical (unpaired) electrons. The van der Waals surface area contributed by atoms with E-state index in [4.69, 9.17) is 11.6 Å². The van der Waals surface area contributed by atoms with Gasteiger partial charge >= 0.3 is 0 Å². The predicted octanol–water partition coefficient (Wildman–Crippen LogP) is 0.790. The molecular formula is C9H13ClN8. The monoisotopic (exact) mass is 268 g/mol. The summed E-state index contributed by atoms with van der Waals surface area (Å²) in [4.78, 5) is 12.0. The van der Waals surface area contributed by atoms with E-state index in [0.29, 0.717) is 18.4 Å². The van der Waals surface area contributed by atoms with Crippen LogP contribution >= 0.6 is 11.6 Å². The van der Waals surface area contributed by atoms with E-state index < -0.39 is 0 Å². The molecule has 2 aromatic rings. The van der Waals surface area contributed by atoms with Crippen molar-refractivity contribution in [1.82, 2.24) is 29.7 Å². The molecule has 2 aromatic heterocycles. The molecule has 18 heavy (non-hydrogen) atoms. The van der Waals surface area contributed by atoms with Gasteiger partial charge in [-0.05, 0) is 18.5 Å². The molecule has 96 valence electrons. The Morgan fingerprint density at radius 1 is 1.28 bits per heavy atom. The van der Waals surface area contributed by atoms with E-state index in [2.05, 4.69) is 35.8 Å². The topological polar surface area (TPSA) is 93.4 Å². The summed E-state index contributed by atoms with van der Waals surface area (Å²) in [5.74, 6) is 1.61. The Bertz CT molecular complexity index is 525. The molecule has 0 bridgehead atoms. The molecule has 0 aromatic carbocycles. The number of aromatic nitrogens is 6. The number of aryl methyl sites for hydroxylation is 1. The maximum absolute atomic E-state index is 5.77. The second-order valence-electron chi connectivity index (χ2n) is 3.39. The van der Waals surface area contributed by atoms with Crippen molar-refractivity contribution in [2.75, 3.05) is 17.7 Å². The number of rotatable bonds is 5. The van der Waals surface area contributed by atoms with Crippen molar-refractivity contribution in [3.8, 4) is 0 Å². The second-order valence-corrected chi connectivity index (χ2v) is 3.73. The second kappa shape index (κ2) is 5.58. The molecule has 0 aliphatic heterocycles. The highest BCUT2D eigenvalue weighted by Crippen LogP contribution is 2.09. The van der Waals surface area contributed by atoms with Gasteiger partial charge in [0.15, 0.2) is 5.82 Å². The fourth-order valence-corrected chi connectivity index (χ4v) is 1.54. The van der Waals surface area contributed by atoms with E-state index in [1.165, 1.54) is 0 Å². The van der Waals surface area contributed by atoms with E-state index in [9.17, 15) is 0 Å². The molecule has 0 atom stereocenters. The van der Waals surface area contributed by atoms with Crippen molar-refractivity contribution >= 4 is 23.5 Å². The molecule has 0 aliphatic rings. The van der Waals surface area contributed by atoms with Crippen LogP contribution in [0, 0.1) is 0 Å². The van der Waals surface area contributed by atoms with Gasteiger partial charge in [0.25, 0.3) is 0 Å². The first-order valence-corrected chi connectivity index (χ1v) is 5.80. The SMILES string of the molecule is CCn1cnnc1CNc1nc(Cl)nc(NC)n1. The first kappa shape index (κ1) is 12.5.